The molecule has 1 saturated heterocycles. The molecule has 0 bridgehead atoms. The number of rotatable bonds is 7. The highest BCUT2D eigenvalue weighted by Crippen LogP contribution is 2.19. The molecule has 0 saturated carbocycles. The van der Waals surface area contributed by atoms with Crippen LogP contribution in [0.25, 0.3) is 0 Å². The van der Waals surface area contributed by atoms with Crippen LogP contribution in [-0.4, -0.2) is 37.7 Å². The van der Waals surface area contributed by atoms with Crippen LogP contribution in [0.4, 0.5) is 0 Å². The predicted molar refractivity (Wildman–Crippen MR) is 88.9 cm³/mol. The fraction of sp³-hybridized carbons (Fsp3) is 0.667. The van der Waals surface area contributed by atoms with Gasteiger partial charge in [-0.15, -0.1) is 0 Å². The van der Waals surface area contributed by atoms with Crippen molar-refractivity contribution < 1.29 is 4.74 Å². The number of likely N-dealkylation sites (tertiary alicyclic amines) is 1. The van der Waals surface area contributed by atoms with Crippen LogP contribution in [0.15, 0.2) is 18.2 Å². The molecule has 0 amide bonds. The lowest BCUT2D eigenvalue weighted by Gasteiger charge is -2.31. The lowest BCUT2D eigenvalue weighted by Crippen LogP contribution is -2.44. The number of aryl methyl sites for hydroxylation is 1. The first-order valence-corrected chi connectivity index (χ1v) is 8.20. The third-order valence-corrected chi connectivity index (χ3v) is 4.52. The number of nitrogens with zero attached hydrogens (tertiary/aromatic N) is 1. The van der Waals surface area contributed by atoms with Gasteiger partial charge in [0.15, 0.2) is 0 Å². The number of nitrogens with one attached hydrogen (secondary N) is 1. The highest BCUT2D eigenvalue weighted by molar-refractivity contribution is 5.36. The number of hydrogen-bond donors (Lipinski definition) is 1. The third kappa shape index (κ3) is 4.45. The summed E-state index contributed by atoms with van der Waals surface area (Å²) in [5.41, 5.74) is 2.54. The largest absolute Gasteiger partial charge is 0.496 e. The zero-order chi connectivity index (χ0) is 15.2. The Morgan fingerprint density at radius 2 is 1.95 bits per heavy atom. The van der Waals surface area contributed by atoms with Crippen molar-refractivity contribution in [2.45, 2.75) is 46.2 Å². The van der Waals surface area contributed by atoms with Gasteiger partial charge in [-0.1, -0.05) is 26.0 Å². The molecule has 3 heteroatoms. The average Bonchev–Trinajstić information content (AvgIpc) is 2.97. The van der Waals surface area contributed by atoms with Crippen LogP contribution in [0.5, 0.6) is 5.75 Å². The van der Waals surface area contributed by atoms with Gasteiger partial charge in [0.2, 0.25) is 0 Å². The SMILES string of the molecule is COc1ccc(CNCC(C(C)C)N2CCCC2)cc1C. The lowest BCUT2D eigenvalue weighted by molar-refractivity contribution is 0.186. The summed E-state index contributed by atoms with van der Waals surface area (Å²) in [6.07, 6.45) is 2.72. The number of methoxy groups -OCH3 is 1. The molecule has 0 aromatic heterocycles. The van der Waals surface area contributed by atoms with Gasteiger partial charge >= 0.3 is 0 Å². The molecule has 1 unspecified atom stereocenters. The molecular weight excluding hydrogens is 260 g/mol. The van der Waals surface area contributed by atoms with Gasteiger partial charge in [0.1, 0.15) is 5.75 Å². The van der Waals surface area contributed by atoms with E-state index in [9.17, 15) is 0 Å². The van der Waals surface area contributed by atoms with Crippen LogP contribution in [0.2, 0.25) is 0 Å². The van der Waals surface area contributed by atoms with E-state index < -0.39 is 0 Å². The Morgan fingerprint density at radius 1 is 1.24 bits per heavy atom. The molecule has 0 spiro atoms. The maximum atomic E-state index is 5.31. The Balaban J connectivity index is 1.85. The fourth-order valence-corrected chi connectivity index (χ4v) is 3.27. The Bertz CT molecular complexity index is 439. The first-order valence-electron chi connectivity index (χ1n) is 8.20. The van der Waals surface area contributed by atoms with Gasteiger partial charge in [-0.05, 0) is 56.0 Å². The van der Waals surface area contributed by atoms with E-state index in [-0.39, 0.29) is 0 Å². The van der Waals surface area contributed by atoms with Crippen molar-refractivity contribution in [2.24, 2.45) is 5.92 Å². The summed E-state index contributed by atoms with van der Waals surface area (Å²) >= 11 is 0. The van der Waals surface area contributed by atoms with Crippen LogP contribution in [0, 0.1) is 12.8 Å². The van der Waals surface area contributed by atoms with Gasteiger partial charge in [-0.3, -0.25) is 4.90 Å². The fourth-order valence-electron chi connectivity index (χ4n) is 3.27. The summed E-state index contributed by atoms with van der Waals surface area (Å²) in [5, 5.41) is 3.64. The molecule has 1 N–H and O–H groups in total. The standard InChI is InChI=1S/C18H30N2O/c1-14(2)17(20-9-5-6-10-20)13-19-12-16-7-8-18(21-4)15(3)11-16/h7-8,11,14,17,19H,5-6,9-10,12-13H2,1-4H3. The van der Waals surface area contributed by atoms with E-state index >= 15 is 0 Å². The average molecular weight is 290 g/mol. The second-order valence-corrected chi connectivity index (χ2v) is 6.49. The van der Waals surface area contributed by atoms with Crippen molar-refractivity contribution in [1.82, 2.24) is 10.2 Å². The molecule has 0 aliphatic carbocycles. The Morgan fingerprint density at radius 3 is 2.52 bits per heavy atom. The van der Waals surface area contributed by atoms with Crippen molar-refractivity contribution in [3.05, 3.63) is 29.3 Å². The van der Waals surface area contributed by atoms with Crippen LogP contribution in [0.3, 0.4) is 0 Å². The first-order chi connectivity index (χ1) is 10.1. The van der Waals surface area contributed by atoms with E-state index in [2.05, 4.69) is 49.2 Å². The maximum Gasteiger partial charge on any atom is 0.121 e. The Hall–Kier alpha value is -1.06. The van der Waals surface area contributed by atoms with Crippen molar-refractivity contribution in [3.8, 4) is 5.75 Å². The Labute approximate surface area is 129 Å². The molecule has 1 aromatic carbocycles. The zero-order valence-corrected chi connectivity index (χ0v) is 14.0. The molecule has 2 rings (SSSR count). The van der Waals surface area contributed by atoms with Gasteiger partial charge < -0.3 is 10.1 Å². The molecule has 21 heavy (non-hydrogen) atoms. The topological polar surface area (TPSA) is 24.5 Å². The monoisotopic (exact) mass is 290 g/mol. The molecule has 1 atom stereocenters. The second kappa shape index (κ2) is 7.81. The highest BCUT2D eigenvalue weighted by Gasteiger charge is 2.23. The maximum absolute atomic E-state index is 5.31. The molecule has 3 nitrogen and oxygen atoms in total. The van der Waals surface area contributed by atoms with Crippen LogP contribution in [0.1, 0.15) is 37.8 Å². The van der Waals surface area contributed by atoms with E-state index in [0.29, 0.717) is 12.0 Å². The van der Waals surface area contributed by atoms with Gasteiger partial charge in [0, 0.05) is 19.1 Å². The Kier molecular flexibility index (Phi) is 6.07. The zero-order valence-electron chi connectivity index (χ0n) is 14.0. The van der Waals surface area contributed by atoms with Crippen molar-refractivity contribution >= 4 is 0 Å². The van der Waals surface area contributed by atoms with Gasteiger partial charge in [0.05, 0.1) is 7.11 Å². The quantitative estimate of drug-likeness (QED) is 0.834. The van der Waals surface area contributed by atoms with E-state index in [0.717, 1.165) is 18.8 Å². The van der Waals surface area contributed by atoms with E-state index in [1.807, 2.05) is 0 Å². The molecule has 1 fully saturated rings. The number of ether oxygens (including phenoxy) is 1. The van der Waals surface area contributed by atoms with Crippen LogP contribution >= 0.6 is 0 Å². The molecule has 1 aromatic rings. The second-order valence-electron chi connectivity index (χ2n) is 6.49. The smallest absolute Gasteiger partial charge is 0.121 e. The minimum Gasteiger partial charge on any atom is -0.496 e. The summed E-state index contributed by atoms with van der Waals surface area (Å²) in [4.78, 5) is 2.65. The summed E-state index contributed by atoms with van der Waals surface area (Å²) in [5.74, 6) is 1.67. The molecule has 118 valence electrons. The summed E-state index contributed by atoms with van der Waals surface area (Å²) < 4.78 is 5.31. The summed E-state index contributed by atoms with van der Waals surface area (Å²) in [6, 6.07) is 7.09. The van der Waals surface area contributed by atoms with Crippen molar-refractivity contribution in [3.63, 3.8) is 0 Å². The molecule has 1 aliphatic rings. The van der Waals surface area contributed by atoms with Crippen LogP contribution in [-0.2, 0) is 6.54 Å². The normalized spacial score (nSPS) is 17.4. The summed E-state index contributed by atoms with van der Waals surface area (Å²) in [7, 11) is 1.73. The molecular formula is C18H30N2O. The van der Waals surface area contributed by atoms with Gasteiger partial charge in [0.25, 0.3) is 0 Å². The van der Waals surface area contributed by atoms with Gasteiger partial charge in [-0.2, -0.15) is 0 Å². The van der Waals surface area contributed by atoms with E-state index in [1.165, 1.54) is 37.1 Å². The molecule has 1 aliphatic heterocycles. The van der Waals surface area contributed by atoms with Crippen LogP contribution < -0.4 is 10.1 Å². The lowest BCUT2D eigenvalue weighted by atomic mass is 10.0. The first kappa shape index (κ1) is 16.3. The molecule has 0 radical (unpaired) electrons. The minimum absolute atomic E-state index is 0.659. The van der Waals surface area contributed by atoms with Crippen molar-refractivity contribution in [1.29, 1.82) is 0 Å². The highest BCUT2D eigenvalue weighted by atomic mass is 16.5. The number of hydrogen-bond acceptors (Lipinski definition) is 3. The van der Waals surface area contributed by atoms with E-state index in [1.54, 1.807) is 7.11 Å². The van der Waals surface area contributed by atoms with Gasteiger partial charge in [-0.25, -0.2) is 0 Å². The third-order valence-electron chi connectivity index (χ3n) is 4.52. The predicted octanol–water partition coefficient (Wildman–Crippen LogP) is 3.21. The minimum atomic E-state index is 0.659. The molecule has 1 heterocycles. The van der Waals surface area contributed by atoms with Crippen molar-refractivity contribution in [2.75, 3.05) is 26.7 Å². The number of benzene rings is 1. The summed E-state index contributed by atoms with van der Waals surface area (Å²) in [6.45, 7) is 11.3. The van der Waals surface area contributed by atoms with E-state index in [4.69, 9.17) is 4.74 Å².